The maximum absolute atomic E-state index is 12.1. The molecule has 0 spiro atoms. The van der Waals surface area contributed by atoms with Crippen molar-refractivity contribution in [2.24, 2.45) is 0 Å². The quantitative estimate of drug-likeness (QED) is 0.405. The van der Waals surface area contributed by atoms with Crippen molar-refractivity contribution in [3.8, 4) is 17.2 Å². The first-order valence-electron chi connectivity index (χ1n) is 9.26. The van der Waals surface area contributed by atoms with Crippen molar-refractivity contribution in [2.75, 3.05) is 19.9 Å². The van der Waals surface area contributed by atoms with Crippen molar-refractivity contribution in [3.63, 3.8) is 0 Å². The predicted octanol–water partition coefficient (Wildman–Crippen LogP) is 2.46. The highest BCUT2D eigenvalue weighted by molar-refractivity contribution is 6.35. The molecule has 0 fully saturated rings. The SMILES string of the molecule is O=C(CCCOc1ccc(Cl)cc1Cl)NNC(=O)CNC(=O)c1ccc2c(c1)OCO2. The average molecular weight is 468 g/mol. The Morgan fingerprint density at radius 2 is 1.74 bits per heavy atom. The molecule has 0 saturated heterocycles. The number of nitrogens with one attached hydrogen (secondary N) is 3. The summed E-state index contributed by atoms with van der Waals surface area (Å²) in [6.45, 7) is 0.0452. The predicted molar refractivity (Wildman–Crippen MR) is 112 cm³/mol. The number of hydrogen-bond acceptors (Lipinski definition) is 6. The Labute approximate surface area is 187 Å². The third-order valence-electron chi connectivity index (χ3n) is 4.09. The molecule has 0 bridgehead atoms. The second-order valence-electron chi connectivity index (χ2n) is 6.37. The molecule has 1 aliphatic rings. The van der Waals surface area contributed by atoms with E-state index in [0.29, 0.717) is 39.3 Å². The number of ether oxygens (including phenoxy) is 3. The first kappa shape index (κ1) is 22.5. The lowest BCUT2D eigenvalue weighted by molar-refractivity contribution is -0.128. The van der Waals surface area contributed by atoms with Gasteiger partial charge in [-0.05, 0) is 42.8 Å². The van der Waals surface area contributed by atoms with Crippen LogP contribution in [0.3, 0.4) is 0 Å². The number of carbonyl (C=O) groups is 3. The summed E-state index contributed by atoms with van der Waals surface area (Å²) >= 11 is 11.8. The number of benzene rings is 2. The molecule has 2 aromatic rings. The molecule has 3 N–H and O–H groups in total. The van der Waals surface area contributed by atoms with Crippen molar-refractivity contribution in [3.05, 3.63) is 52.0 Å². The van der Waals surface area contributed by atoms with Gasteiger partial charge in [-0.1, -0.05) is 23.2 Å². The van der Waals surface area contributed by atoms with Crippen molar-refractivity contribution < 1.29 is 28.6 Å². The van der Waals surface area contributed by atoms with Gasteiger partial charge in [0.1, 0.15) is 5.75 Å². The molecule has 9 nitrogen and oxygen atoms in total. The third kappa shape index (κ3) is 6.66. The van der Waals surface area contributed by atoms with Crippen LogP contribution in [0, 0.1) is 0 Å². The van der Waals surface area contributed by atoms with Crippen LogP contribution in [-0.4, -0.2) is 37.7 Å². The van der Waals surface area contributed by atoms with Crippen LogP contribution in [0.1, 0.15) is 23.2 Å². The van der Waals surface area contributed by atoms with Gasteiger partial charge in [0.05, 0.1) is 18.2 Å². The molecule has 0 aromatic heterocycles. The largest absolute Gasteiger partial charge is 0.492 e. The maximum Gasteiger partial charge on any atom is 0.257 e. The Balaban J connectivity index is 1.30. The Kier molecular flexibility index (Phi) is 7.80. The standard InChI is InChI=1S/C20H19Cl2N3O6/c21-13-4-6-15(14(22)9-13)29-7-1-2-18(26)24-25-19(27)10-23-20(28)12-3-5-16-17(8-12)31-11-30-16/h3-6,8-9H,1-2,7,10-11H2,(H,23,28)(H,24,26)(H,25,27). The minimum atomic E-state index is -0.577. The maximum atomic E-state index is 12.1. The molecule has 3 amide bonds. The van der Waals surface area contributed by atoms with Gasteiger partial charge < -0.3 is 19.5 Å². The van der Waals surface area contributed by atoms with Crippen LogP contribution >= 0.6 is 23.2 Å². The lowest BCUT2D eigenvalue weighted by Gasteiger charge is -2.10. The van der Waals surface area contributed by atoms with E-state index in [9.17, 15) is 14.4 Å². The van der Waals surface area contributed by atoms with E-state index in [1.54, 1.807) is 30.3 Å². The highest BCUT2D eigenvalue weighted by Crippen LogP contribution is 2.32. The number of rotatable bonds is 8. The lowest BCUT2D eigenvalue weighted by Crippen LogP contribution is -2.46. The van der Waals surface area contributed by atoms with Crippen LogP contribution in [-0.2, 0) is 9.59 Å². The Morgan fingerprint density at radius 3 is 2.55 bits per heavy atom. The monoisotopic (exact) mass is 467 g/mol. The van der Waals surface area contributed by atoms with Crippen LogP contribution in [0.5, 0.6) is 17.2 Å². The minimum Gasteiger partial charge on any atom is -0.492 e. The number of hydrogen-bond donors (Lipinski definition) is 3. The summed E-state index contributed by atoms with van der Waals surface area (Å²) in [6.07, 6.45) is 0.524. The molecule has 0 radical (unpaired) electrons. The second kappa shape index (κ2) is 10.7. The number of halogens is 2. The van der Waals surface area contributed by atoms with Crippen molar-refractivity contribution >= 4 is 40.9 Å². The molecule has 2 aromatic carbocycles. The van der Waals surface area contributed by atoms with Gasteiger partial charge in [0.15, 0.2) is 11.5 Å². The van der Waals surface area contributed by atoms with E-state index in [-0.39, 0.29) is 26.4 Å². The van der Waals surface area contributed by atoms with Crippen LogP contribution in [0.15, 0.2) is 36.4 Å². The molecule has 0 atom stereocenters. The van der Waals surface area contributed by atoms with Crippen LogP contribution < -0.4 is 30.4 Å². The van der Waals surface area contributed by atoms with Crippen LogP contribution in [0.4, 0.5) is 0 Å². The fraction of sp³-hybridized carbons (Fsp3) is 0.250. The Hall–Kier alpha value is -3.17. The topological polar surface area (TPSA) is 115 Å². The van der Waals surface area contributed by atoms with E-state index in [2.05, 4.69) is 16.2 Å². The molecule has 164 valence electrons. The van der Waals surface area contributed by atoms with Gasteiger partial charge in [0, 0.05) is 17.0 Å². The zero-order chi connectivity index (χ0) is 22.2. The van der Waals surface area contributed by atoms with Crippen LogP contribution in [0.2, 0.25) is 10.0 Å². The number of fused-ring (bicyclic) bond motifs is 1. The van der Waals surface area contributed by atoms with E-state index < -0.39 is 17.7 Å². The molecular formula is C20H19Cl2N3O6. The first-order chi connectivity index (χ1) is 14.9. The molecule has 0 unspecified atom stereocenters. The van der Waals surface area contributed by atoms with Crippen LogP contribution in [0.25, 0.3) is 0 Å². The van der Waals surface area contributed by atoms with Gasteiger partial charge >= 0.3 is 0 Å². The summed E-state index contributed by atoms with van der Waals surface area (Å²) in [7, 11) is 0. The van der Waals surface area contributed by atoms with Gasteiger partial charge in [-0.15, -0.1) is 0 Å². The molecule has 0 aliphatic carbocycles. The van der Waals surface area contributed by atoms with E-state index in [1.165, 1.54) is 6.07 Å². The minimum absolute atomic E-state index is 0.101. The number of amides is 3. The van der Waals surface area contributed by atoms with Gasteiger partial charge in [-0.25, -0.2) is 0 Å². The van der Waals surface area contributed by atoms with E-state index >= 15 is 0 Å². The second-order valence-corrected chi connectivity index (χ2v) is 7.22. The summed E-state index contributed by atoms with van der Waals surface area (Å²) in [5.74, 6) is 0.0500. The summed E-state index contributed by atoms with van der Waals surface area (Å²) in [5, 5.41) is 3.33. The van der Waals surface area contributed by atoms with E-state index in [0.717, 1.165) is 0 Å². The zero-order valence-corrected chi connectivity index (χ0v) is 17.7. The van der Waals surface area contributed by atoms with Gasteiger partial charge in [-0.3, -0.25) is 25.2 Å². The summed E-state index contributed by atoms with van der Waals surface area (Å²) < 4.78 is 15.9. The van der Waals surface area contributed by atoms with Crippen molar-refractivity contribution in [1.29, 1.82) is 0 Å². The molecular weight excluding hydrogens is 449 g/mol. The van der Waals surface area contributed by atoms with Gasteiger partial charge in [0.2, 0.25) is 12.7 Å². The Bertz CT molecular complexity index is 985. The van der Waals surface area contributed by atoms with Crippen molar-refractivity contribution in [2.45, 2.75) is 12.8 Å². The van der Waals surface area contributed by atoms with E-state index in [4.69, 9.17) is 37.4 Å². The molecule has 31 heavy (non-hydrogen) atoms. The number of carbonyl (C=O) groups excluding carboxylic acids is 3. The highest BCUT2D eigenvalue weighted by Gasteiger charge is 2.16. The van der Waals surface area contributed by atoms with E-state index in [1.807, 2.05) is 0 Å². The summed E-state index contributed by atoms with van der Waals surface area (Å²) in [4.78, 5) is 35.7. The zero-order valence-electron chi connectivity index (χ0n) is 16.2. The molecule has 1 aliphatic heterocycles. The lowest BCUT2D eigenvalue weighted by atomic mass is 10.2. The average Bonchev–Trinajstić information content (AvgIpc) is 3.22. The fourth-order valence-corrected chi connectivity index (χ4v) is 3.02. The van der Waals surface area contributed by atoms with Crippen molar-refractivity contribution in [1.82, 2.24) is 16.2 Å². The van der Waals surface area contributed by atoms with Gasteiger partial charge in [0.25, 0.3) is 11.8 Å². The fourth-order valence-electron chi connectivity index (χ4n) is 2.55. The number of hydrazine groups is 1. The first-order valence-corrected chi connectivity index (χ1v) is 10.0. The summed E-state index contributed by atoms with van der Waals surface area (Å²) in [5.41, 5.74) is 4.82. The third-order valence-corrected chi connectivity index (χ3v) is 4.62. The molecule has 3 rings (SSSR count). The highest BCUT2D eigenvalue weighted by atomic mass is 35.5. The Morgan fingerprint density at radius 1 is 0.968 bits per heavy atom. The molecule has 1 heterocycles. The molecule has 0 saturated carbocycles. The van der Waals surface area contributed by atoms with Gasteiger partial charge in [-0.2, -0.15) is 0 Å². The smallest absolute Gasteiger partial charge is 0.257 e. The normalized spacial score (nSPS) is 11.5. The molecule has 11 heteroatoms. The summed E-state index contributed by atoms with van der Waals surface area (Å²) in [6, 6.07) is 9.55.